The van der Waals surface area contributed by atoms with E-state index in [1.807, 2.05) is 31.2 Å². The minimum atomic E-state index is -3.87. The quantitative estimate of drug-likeness (QED) is 0.711. The van der Waals surface area contributed by atoms with Crippen LogP contribution in [0.5, 0.6) is 0 Å². The summed E-state index contributed by atoms with van der Waals surface area (Å²) in [6.07, 6.45) is 0. The first-order valence-electron chi connectivity index (χ1n) is 8.37. The summed E-state index contributed by atoms with van der Waals surface area (Å²) in [6.45, 7) is 1.87. The zero-order valence-electron chi connectivity index (χ0n) is 14.5. The van der Waals surface area contributed by atoms with E-state index >= 15 is 0 Å². The van der Waals surface area contributed by atoms with Crippen molar-refractivity contribution in [1.82, 2.24) is 4.83 Å². The lowest BCUT2D eigenvalue weighted by Gasteiger charge is -2.20. The van der Waals surface area contributed by atoms with Gasteiger partial charge in [0.2, 0.25) is 5.78 Å². The average Bonchev–Trinajstić information content (AvgIpc) is 2.68. The Kier molecular flexibility index (Phi) is 4.12. The molecule has 0 bridgehead atoms. The summed E-state index contributed by atoms with van der Waals surface area (Å²) in [6, 6.07) is 21.0. The lowest BCUT2D eigenvalue weighted by Crippen LogP contribution is -2.27. The Labute approximate surface area is 157 Å². The molecule has 0 amide bonds. The van der Waals surface area contributed by atoms with E-state index in [0.717, 1.165) is 16.7 Å². The number of Topliss-reactive ketones (excluding diaryl/α,β-unsaturated/α-hetero) is 1. The molecule has 0 unspecified atom stereocenters. The number of aryl methyl sites for hydroxylation is 1. The van der Waals surface area contributed by atoms with Gasteiger partial charge in [0.05, 0.1) is 4.90 Å². The van der Waals surface area contributed by atoms with Gasteiger partial charge >= 0.3 is 0 Å². The highest BCUT2D eigenvalue weighted by atomic mass is 32.2. The highest BCUT2D eigenvalue weighted by molar-refractivity contribution is 7.89. The zero-order valence-corrected chi connectivity index (χ0v) is 15.3. The molecule has 0 heterocycles. The molecule has 4 rings (SSSR count). The minimum Gasteiger partial charge on any atom is -0.287 e. The first kappa shape index (κ1) is 17.2. The van der Waals surface area contributed by atoms with E-state index in [2.05, 4.69) is 9.93 Å². The Balaban J connectivity index is 1.78. The van der Waals surface area contributed by atoms with Crippen molar-refractivity contribution < 1.29 is 13.2 Å². The summed E-state index contributed by atoms with van der Waals surface area (Å²) >= 11 is 0. The number of hydrogen-bond donors (Lipinski definition) is 1. The van der Waals surface area contributed by atoms with Gasteiger partial charge in [-0.25, -0.2) is 0 Å². The Morgan fingerprint density at radius 2 is 1.26 bits per heavy atom. The van der Waals surface area contributed by atoms with E-state index in [1.54, 1.807) is 36.4 Å². The van der Waals surface area contributed by atoms with Crippen LogP contribution >= 0.6 is 0 Å². The molecule has 3 aromatic rings. The number of ketones is 1. The predicted octanol–water partition coefficient (Wildman–Crippen LogP) is 3.54. The zero-order chi connectivity index (χ0) is 19.0. The molecule has 3 aromatic carbocycles. The van der Waals surface area contributed by atoms with Crippen molar-refractivity contribution in [2.45, 2.75) is 11.8 Å². The fourth-order valence-electron chi connectivity index (χ4n) is 3.08. The maximum absolute atomic E-state index is 12.9. The van der Waals surface area contributed by atoms with Gasteiger partial charge in [-0.05, 0) is 30.2 Å². The Hall–Kier alpha value is -3.25. The molecule has 0 saturated carbocycles. The molecule has 0 spiro atoms. The van der Waals surface area contributed by atoms with Gasteiger partial charge in [0.1, 0.15) is 5.71 Å². The molecule has 0 atom stereocenters. The second-order valence-corrected chi connectivity index (χ2v) is 7.95. The molecule has 1 N–H and O–H groups in total. The van der Waals surface area contributed by atoms with Gasteiger partial charge in [0, 0.05) is 11.1 Å². The Bertz CT molecular complexity index is 1180. The maximum atomic E-state index is 12.9. The van der Waals surface area contributed by atoms with Crippen LogP contribution in [-0.2, 0) is 10.0 Å². The van der Waals surface area contributed by atoms with Gasteiger partial charge in [-0.2, -0.15) is 18.4 Å². The van der Waals surface area contributed by atoms with Crippen LogP contribution in [0.2, 0.25) is 0 Å². The number of nitrogens with one attached hydrogen (secondary N) is 1. The van der Waals surface area contributed by atoms with Gasteiger partial charge in [-0.3, -0.25) is 4.79 Å². The van der Waals surface area contributed by atoms with E-state index in [9.17, 15) is 13.2 Å². The molecular weight excluding hydrogens is 360 g/mol. The van der Waals surface area contributed by atoms with Gasteiger partial charge in [0.15, 0.2) is 0 Å². The van der Waals surface area contributed by atoms with Crippen molar-refractivity contribution in [2.75, 3.05) is 0 Å². The third-order valence-corrected chi connectivity index (χ3v) is 5.69. The highest BCUT2D eigenvalue weighted by Crippen LogP contribution is 2.33. The van der Waals surface area contributed by atoms with Crippen LogP contribution in [0.25, 0.3) is 11.1 Å². The average molecular weight is 376 g/mol. The Morgan fingerprint density at radius 1 is 0.741 bits per heavy atom. The fourth-order valence-corrected chi connectivity index (χ4v) is 3.89. The van der Waals surface area contributed by atoms with Crippen molar-refractivity contribution >= 4 is 21.5 Å². The molecule has 134 valence electrons. The van der Waals surface area contributed by atoms with E-state index < -0.39 is 10.0 Å². The van der Waals surface area contributed by atoms with Crippen LogP contribution in [0.3, 0.4) is 0 Å². The number of carbonyl (C=O) groups is 1. The summed E-state index contributed by atoms with van der Waals surface area (Å²) in [5.41, 5.74) is 3.81. The maximum Gasteiger partial charge on any atom is 0.276 e. The van der Waals surface area contributed by atoms with Crippen LogP contribution in [0, 0.1) is 6.92 Å². The van der Waals surface area contributed by atoms with Crippen molar-refractivity contribution in [1.29, 1.82) is 0 Å². The van der Waals surface area contributed by atoms with E-state index in [-0.39, 0.29) is 16.4 Å². The molecular formula is C21H16N2O3S. The molecule has 0 aliphatic heterocycles. The van der Waals surface area contributed by atoms with E-state index in [4.69, 9.17) is 0 Å². The summed E-state index contributed by atoms with van der Waals surface area (Å²) in [4.78, 5) is 15.2. The van der Waals surface area contributed by atoms with Crippen LogP contribution in [0.15, 0.2) is 82.8 Å². The smallest absolute Gasteiger partial charge is 0.276 e. The summed E-state index contributed by atoms with van der Waals surface area (Å²) in [5.74, 6) is -0.309. The topological polar surface area (TPSA) is 75.6 Å². The van der Waals surface area contributed by atoms with E-state index in [1.165, 1.54) is 12.1 Å². The molecule has 5 nitrogen and oxygen atoms in total. The van der Waals surface area contributed by atoms with E-state index in [0.29, 0.717) is 11.1 Å². The summed E-state index contributed by atoms with van der Waals surface area (Å²) in [7, 11) is -3.87. The predicted molar refractivity (Wildman–Crippen MR) is 104 cm³/mol. The molecule has 0 radical (unpaired) electrons. The molecule has 6 heteroatoms. The molecule has 1 aliphatic carbocycles. The van der Waals surface area contributed by atoms with Gasteiger partial charge < -0.3 is 0 Å². The normalized spacial score (nSPS) is 14.6. The lowest BCUT2D eigenvalue weighted by atomic mass is 9.83. The Morgan fingerprint density at radius 3 is 1.89 bits per heavy atom. The van der Waals surface area contributed by atoms with Crippen LogP contribution in [-0.4, -0.2) is 19.9 Å². The number of nitrogens with zero attached hydrogens (tertiary/aromatic N) is 1. The summed E-state index contributed by atoms with van der Waals surface area (Å²) in [5, 5.41) is 4.00. The third-order valence-electron chi connectivity index (χ3n) is 4.47. The third kappa shape index (κ3) is 3.04. The van der Waals surface area contributed by atoms with Crippen molar-refractivity contribution in [3.05, 3.63) is 89.5 Å². The number of rotatable bonds is 3. The molecule has 1 aliphatic rings. The second-order valence-electron chi connectivity index (χ2n) is 6.29. The van der Waals surface area contributed by atoms with Crippen molar-refractivity contribution in [3.63, 3.8) is 0 Å². The molecule has 0 saturated heterocycles. The highest BCUT2D eigenvalue weighted by Gasteiger charge is 2.28. The van der Waals surface area contributed by atoms with Crippen LogP contribution < -0.4 is 4.83 Å². The fraction of sp³-hybridized carbons (Fsp3) is 0.0476. The SMILES string of the molecule is Cc1ccc(S(=O)(=O)N/N=C2\C(=O)c3ccccc3-c3ccccc32)cc1. The number of hydrazone groups is 1. The van der Waals surface area contributed by atoms with Gasteiger partial charge in [0.25, 0.3) is 10.0 Å². The monoisotopic (exact) mass is 376 g/mol. The minimum absolute atomic E-state index is 0.0833. The van der Waals surface area contributed by atoms with Crippen LogP contribution in [0.1, 0.15) is 21.5 Å². The van der Waals surface area contributed by atoms with Gasteiger partial charge in [-0.15, -0.1) is 0 Å². The van der Waals surface area contributed by atoms with Gasteiger partial charge in [-0.1, -0.05) is 66.2 Å². The first-order chi connectivity index (χ1) is 13.0. The first-order valence-corrected chi connectivity index (χ1v) is 9.85. The standard InChI is InChI=1S/C21H16N2O3S/c1-14-10-12-15(13-11-14)27(25,26)23-22-20-18-8-4-2-6-16(18)17-7-3-5-9-19(17)21(20)24/h2-13,23H,1H3/b22-20-. The molecule has 0 fully saturated rings. The largest absolute Gasteiger partial charge is 0.287 e. The number of hydrogen-bond acceptors (Lipinski definition) is 4. The lowest BCUT2D eigenvalue weighted by molar-refractivity contribution is 0.106. The van der Waals surface area contributed by atoms with Crippen LogP contribution in [0.4, 0.5) is 0 Å². The molecule has 27 heavy (non-hydrogen) atoms. The number of carbonyl (C=O) groups excluding carboxylic acids is 1. The van der Waals surface area contributed by atoms with Crippen molar-refractivity contribution in [2.24, 2.45) is 5.10 Å². The number of sulfonamides is 1. The second kappa shape index (κ2) is 6.48. The van der Waals surface area contributed by atoms with Crippen molar-refractivity contribution in [3.8, 4) is 11.1 Å². The molecule has 0 aromatic heterocycles. The number of benzene rings is 3. The number of fused-ring (bicyclic) bond motifs is 3. The summed E-state index contributed by atoms with van der Waals surface area (Å²) < 4.78 is 25.0.